The van der Waals surface area contributed by atoms with Gasteiger partial charge in [0.25, 0.3) is 5.91 Å². The smallest absolute Gasteiger partial charge is 0.266 e. The van der Waals surface area contributed by atoms with E-state index in [1.165, 1.54) is 11.3 Å². The largest absolute Gasteiger partial charge is 0.321 e. The van der Waals surface area contributed by atoms with Gasteiger partial charge in [0.2, 0.25) is 5.91 Å². The van der Waals surface area contributed by atoms with Gasteiger partial charge in [0.1, 0.15) is 0 Å². The minimum Gasteiger partial charge on any atom is -0.321 e. The van der Waals surface area contributed by atoms with Crippen LogP contribution >= 0.6 is 22.7 Å². The van der Waals surface area contributed by atoms with Crippen molar-refractivity contribution in [3.63, 3.8) is 0 Å². The number of fused-ring (bicyclic) bond motifs is 1. The van der Waals surface area contributed by atoms with E-state index in [0.29, 0.717) is 11.3 Å². The van der Waals surface area contributed by atoms with Crippen LogP contribution < -0.4 is 10.6 Å². The molecule has 3 heterocycles. The molecule has 1 atom stereocenters. The maximum atomic E-state index is 12.8. The van der Waals surface area contributed by atoms with Crippen molar-refractivity contribution < 1.29 is 9.59 Å². The third kappa shape index (κ3) is 3.06. The minimum absolute atomic E-state index is 0.000410. The molecule has 0 unspecified atom stereocenters. The van der Waals surface area contributed by atoms with Gasteiger partial charge in [0, 0.05) is 18.0 Å². The Morgan fingerprint density at radius 3 is 2.65 bits per heavy atom. The molecule has 4 nitrogen and oxygen atoms in total. The lowest BCUT2D eigenvalue weighted by atomic mass is 9.86. The fourth-order valence-corrected chi connectivity index (χ4v) is 5.20. The van der Waals surface area contributed by atoms with Crippen LogP contribution in [0.2, 0.25) is 0 Å². The third-order valence-electron chi connectivity index (χ3n) is 4.65. The number of carbonyl (C=O) groups excluding carboxylic acids is 2. The van der Waals surface area contributed by atoms with E-state index in [1.54, 1.807) is 11.3 Å². The molecule has 132 valence electrons. The Morgan fingerprint density at radius 1 is 1.19 bits per heavy atom. The van der Waals surface area contributed by atoms with Crippen molar-refractivity contribution in [2.24, 2.45) is 0 Å². The molecule has 1 aliphatic rings. The van der Waals surface area contributed by atoms with E-state index in [2.05, 4.69) is 22.1 Å². The Kier molecular flexibility index (Phi) is 4.38. The molecule has 1 aromatic carbocycles. The van der Waals surface area contributed by atoms with Gasteiger partial charge in [-0.15, -0.1) is 11.3 Å². The lowest BCUT2D eigenvalue weighted by molar-refractivity contribution is -0.116. The molecule has 0 saturated heterocycles. The number of anilines is 2. The van der Waals surface area contributed by atoms with Crippen LogP contribution in [0.1, 0.15) is 44.3 Å². The number of nitrogens with one attached hydrogen (secondary N) is 2. The highest BCUT2D eigenvalue weighted by molar-refractivity contribution is 7.18. The summed E-state index contributed by atoms with van der Waals surface area (Å²) in [6, 6.07) is 9.78. The highest BCUT2D eigenvalue weighted by Gasteiger charge is 2.32. The van der Waals surface area contributed by atoms with E-state index >= 15 is 0 Å². The van der Waals surface area contributed by atoms with Crippen molar-refractivity contribution in [1.29, 1.82) is 0 Å². The molecule has 0 radical (unpaired) electrons. The Balaban J connectivity index is 1.69. The average molecular weight is 383 g/mol. The third-order valence-corrected chi connectivity index (χ3v) is 6.57. The Bertz CT molecular complexity index is 972. The molecule has 0 fully saturated rings. The summed E-state index contributed by atoms with van der Waals surface area (Å²) in [6.45, 7) is 3.98. The van der Waals surface area contributed by atoms with Gasteiger partial charge < -0.3 is 10.6 Å². The SMILES string of the molecule is Cc1ccc(NC(=O)c2sc3c(c2C)[C@@H](c2ccsc2)CC(=O)N3)cc1. The second-order valence-corrected chi connectivity index (χ2v) is 8.28. The first-order chi connectivity index (χ1) is 12.5. The molecule has 6 heteroatoms. The molecule has 0 bridgehead atoms. The Labute approximate surface area is 159 Å². The molecule has 0 aliphatic carbocycles. The van der Waals surface area contributed by atoms with E-state index in [-0.39, 0.29) is 17.7 Å². The summed E-state index contributed by atoms with van der Waals surface area (Å²) < 4.78 is 0. The van der Waals surface area contributed by atoms with Gasteiger partial charge in [-0.25, -0.2) is 0 Å². The van der Waals surface area contributed by atoms with E-state index in [0.717, 1.165) is 32.9 Å². The van der Waals surface area contributed by atoms with Gasteiger partial charge in [0.05, 0.1) is 9.88 Å². The number of benzene rings is 1. The fraction of sp³-hybridized carbons (Fsp3) is 0.200. The summed E-state index contributed by atoms with van der Waals surface area (Å²) in [7, 11) is 0. The number of rotatable bonds is 3. The average Bonchev–Trinajstić information content (AvgIpc) is 3.25. The molecule has 2 aromatic heterocycles. The van der Waals surface area contributed by atoms with Crippen LogP contribution in [0.15, 0.2) is 41.1 Å². The zero-order valence-corrected chi connectivity index (χ0v) is 16.1. The van der Waals surface area contributed by atoms with Gasteiger partial charge >= 0.3 is 0 Å². The summed E-state index contributed by atoms with van der Waals surface area (Å²) in [5.41, 5.74) is 5.07. The van der Waals surface area contributed by atoms with Crippen molar-refractivity contribution >= 4 is 45.2 Å². The van der Waals surface area contributed by atoms with E-state index in [1.807, 2.05) is 43.5 Å². The molecular weight excluding hydrogens is 364 g/mol. The summed E-state index contributed by atoms with van der Waals surface area (Å²) >= 11 is 2.98. The van der Waals surface area contributed by atoms with Crippen molar-refractivity contribution in [1.82, 2.24) is 0 Å². The first-order valence-corrected chi connectivity index (χ1v) is 10.1. The predicted octanol–water partition coefficient (Wildman–Crippen LogP) is 5.15. The number of hydrogen-bond acceptors (Lipinski definition) is 4. The number of hydrogen-bond donors (Lipinski definition) is 2. The topological polar surface area (TPSA) is 58.2 Å². The highest BCUT2D eigenvalue weighted by Crippen LogP contribution is 2.45. The number of carbonyl (C=O) groups is 2. The first kappa shape index (κ1) is 17.0. The fourth-order valence-electron chi connectivity index (χ4n) is 3.30. The quantitative estimate of drug-likeness (QED) is 0.658. The number of aryl methyl sites for hydroxylation is 1. The molecule has 4 rings (SSSR count). The van der Waals surface area contributed by atoms with Gasteiger partial charge in [0.15, 0.2) is 0 Å². The van der Waals surface area contributed by atoms with Crippen molar-refractivity contribution in [3.05, 3.63) is 68.2 Å². The molecule has 0 spiro atoms. The van der Waals surface area contributed by atoms with E-state index < -0.39 is 0 Å². The van der Waals surface area contributed by atoms with Crippen LogP contribution in [0.3, 0.4) is 0 Å². The van der Waals surface area contributed by atoms with Crippen LogP contribution in [-0.2, 0) is 4.79 Å². The number of thiophene rings is 2. The first-order valence-electron chi connectivity index (χ1n) is 8.36. The lowest BCUT2D eigenvalue weighted by Gasteiger charge is -2.23. The Hall–Kier alpha value is -2.44. The molecule has 2 amide bonds. The van der Waals surface area contributed by atoms with Crippen molar-refractivity contribution in [2.45, 2.75) is 26.2 Å². The van der Waals surface area contributed by atoms with Crippen molar-refractivity contribution in [2.75, 3.05) is 10.6 Å². The van der Waals surface area contributed by atoms with E-state index in [4.69, 9.17) is 0 Å². The van der Waals surface area contributed by atoms with Crippen LogP contribution in [-0.4, -0.2) is 11.8 Å². The molecule has 0 saturated carbocycles. The second kappa shape index (κ2) is 6.70. The molecule has 1 aliphatic heterocycles. The van der Waals surface area contributed by atoms with Crippen LogP contribution in [0.4, 0.5) is 10.7 Å². The van der Waals surface area contributed by atoms with Crippen molar-refractivity contribution in [3.8, 4) is 0 Å². The molecular formula is C20H18N2O2S2. The maximum Gasteiger partial charge on any atom is 0.266 e. The number of amides is 2. The van der Waals surface area contributed by atoms with Gasteiger partial charge in [-0.1, -0.05) is 17.7 Å². The van der Waals surface area contributed by atoms with Gasteiger partial charge in [-0.05, 0) is 59.5 Å². The summed E-state index contributed by atoms with van der Waals surface area (Å²) in [4.78, 5) is 25.6. The second-order valence-electron chi connectivity index (χ2n) is 6.48. The van der Waals surface area contributed by atoms with Crippen LogP contribution in [0.25, 0.3) is 0 Å². The van der Waals surface area contributed by atoms with Crippen LogP contribution in [0, 0.1) is 13.8 Å². The Morgan fingerprint density at radius 2 is 1.96 bits per heavy atom. The summed E-state index contributed by atoms with van der Waals surface area (Å²) in [6.07, 6.45) is 0.417. The van der Waals surface area contributed by atoms with Gasteiger partial charge in [-0.3, -0.25) is 9.59 Å². The lowest BCUT2D eigenvalue weighted by Crippen LogP contribution is -2.22. The normalized spacial score (nSPS) is 16.1. The summed E-state index contributed by atoms with van der Waals surface area (Å²) in [5, 5.41) is 10.8. The monoisotopic (exact) mass is 382 g/mol. The standard InChI is InChI=1S/C20H18N2O2S2/c1-11-3-5-14(6-4-11)21-19(24)18-12(2)17-15(13-7-8-25-10-13)9-16(23)22-20(17)26-18/h3-8,10,15H,9H2,1-2H3,(H,21,24)(H,22,23)/t15-/m1/s1. The molecule has 2 N–H and O–H groups in total. The van der Waals surface area contributed by atoms with Crippen LogP contribution in [0.5, 0.6) is 0 Å². The predicted molar refractivity (Wildman–Crippen MR) is 108 cm³/mol. The summed E-state index contributed by atoms with van der Waals surface area (Å²) in [5.74, 6) is -0.119. The molecule has 3 aromatic rings. The van der Waals surface area contributed by atoms with E-state index in [9.17, 15) is 9.59 Å². The zero-order chi connectivity index (χ0) is 18.3. The molecule has 26 heavy (non-hydrogen) atoms. The maximum absolute atomic E-state index is 12.8. The van der Waals surface area contributed by atoms with Gasteiger partial charge in [-0.2, -0.15) is 11.3 Å². The minimum atomic E-state index is -0.135. The highest BCUT2D eigenvalue weighted by atomic mass is 32.1. The zero-order valence-electron chi connectivity index (χ0n) is 14.5.